The third-order valence-corrected chi connectivity index (χ3v) is 3.54. The van der Waals surface area contributed by atoms with Crippen LogP contribution in [-0.4, -0.2) is 26.9 Å². The van der Waals surface area contributed by atoms with Crippen molar-refractivity contribution >= 4 is 5.97 Å². The molecule has 0 saturated carbocycles. The molecule has 23 heavy (non-hydrogen) atoms. The topological polar surface area (TPSA) is 69.0 Å². The van der Waals surface area contributed by atoms with Crippen molar-refractivity contribution in [1.29, 1.82) is 0 Å². The summed E-state index contributed by atoms with van der Waals surface area (Å²) >= 11 is 0. The first-order valence-corrected chi connectivity index (χ1v) is 7.33. The first-order valence-electron chi connectivity index (χ1n) is 7.33. The van der Waals surface area contributed by atoms with E-state index in [1.807, 2.05) is 42.1 Å². The van der Waals surface area contributed by atoms with E-state index in [-0.39, 0.29) is 5.56 Å². The third kappa shape index (κ3) is 2.83. The Bertz CT molecular complexity index is 902. The second kappa shape index (κ2) is 6.00. The Hall–Kier alpha value is -3.02. The predicted molar refractivity (Wildman–Crippen MR) is 86.4 cm³/mol. The van der Waals surface area contributed by atoms with Crippen LogP contribution < -0.4 is 5.56 Å². The number of benzene rings is 1. The van der Waals surface area contributed by atoms with Gasteiger partial charge in [-0.15, -0.1) is 0 Å². The number of carbonyl (C=O) groups excluding carboxylic acids is 1. The number of aromatic amines is 1. The number of hydrogen-bond donors (Lipinski definition) is 1. The van der Waals surface area contributed by atoms with Crippen molar-refractivity contribution in [3.05, 3.63) is 70.4 Å². The lowest BCUT2D eigenvalue weighted by atomic mass is 10.2. The average Bonchev–Trinajstić information content (AvgIpc) is 2.54. The number of rotatable bonds is 4. The van der Waals surface area contributed by atoms with Crippen LogP contribution in [0.3, 0.4) is 0 Å². The normalized spacial score (nSPS) is 10.7. The molecule has 118 valence electrons. The molecule has 0 atom stereocenters. The molecular formula is C17H17N3O3. The summed E-state index contributed by atoms with van der Waals surface area (Å²) in [5, 5.41) is 3.06. The van der Waals surface area contributed by atoms with Gasteiger partial charge in [0.05, 0.1) is 29.2 Å². The van der Waals surface area contributed by atoms with Crippen LogP contribution in [0.1, 0.15) is 23.0 Å². The van der Waals surface area contributed by atoms with Gasteiger partial charge in [-0.3, -0.25) is 19.1 Å². The van der Waals surface area contributed by atoms with Crippen LogP contribution >= 0.6 is 0 Å². The van der Waals surface area contributed by atoms with Crippen molar-refractivity contribution in [1.82, 2.24) is 14.3 Å². The highest BCUT2D eigenvalue weighted by Crippen LogP contribution is 2.15. The fourth-order valence-corrected chi connectivity index (χ4v) is 2.34. The molecule has 0 aliphatic carbocycles. The Balaban J connectivity index is 2.04. The summed E-state index contributed by atoms with van der Waals surface area (Å²) in [5.41, 5.74) is 2.81. The number of nitrogens with zero attached hydrogens (tertiary/aromatic N) is 2. The molecule has 0 amide bonds. The zero-order valence-corrected chi connectivity index (χ0v) is 12.9. The first-order chi connectivity index (χ1) is 11.1. The molecular weight excluding hydrogens is 294 g/mol. The van der Waals surface area contributed by atoms with E-state index in [9.17, 15) is 9.59 Å². The summed E-state index contributed by atoms with van der Waals surface area (Å²) < 4.78 is 8.33. The summed E-state index contributed by atoms with van der Waals surface area (Å²) in [6.07, 6.45) is 3.39. The van der Waals surface area contributed by atoms with Gasteiger partial charge in [0.25, 0.3) is 5.56 Å². The van der Waals surface area contributed by atoms with Gasteiger partial charge in [-0.05, 0) is 38.1 Å². The lowest BCUT2D eigenvalue weighted by Gasteiger charge is -2.16. The molecule has 0 radical (unpaired) electrons. The average molecular weight is 311 g/mol. The van der Waals surface area contributed by atoms with Gasteiger partial charge >= 0.3 is 5.97 Å². The molecule has 2 heterocycles. The molecule has 3 aromatic rings. The lowest BCUT2D eigenvalue weighted by Crippen LogP contribution is -2.19. The van der Waals surface area contributed by atoms with Gasteiger partial charge in [-0.1, -0.05) is 6.07 Å². The zero-order chi connectivity index (χ0) is 16.4. The Morgan fingerprint density at radius 1 is 1.22 bits per heavy atom. The quantitative estimate of drug-likeness (QED) is 0.752. The molecule has 0 saturated heterocycles. The van der Waals surface area contributed by atoms with Gasteiger partial charge in [0.2, 0.25) is 0 Å². The van der Waals surface area contributed by atoms with Crippen LogP contribution in [0.15, 0.2) is 53.6 Å². The van der Waals surface area contributed by atoms with Crippen LogP contribution in [0.25, 0.3) is 11.4 Å². The van der Waals surface area contributed by atoms with Crippen molar-refractivity contribution in [3.63, 3.8) is 0 Å². The number of nitrogens with one attached hydrogen (secondary N) is 1. The summed E-state index contributed by atoms with van der Waals surface area (Å²) in [4.78, 5) is 24.0. The van der Waals surface area contributed by atoms with E-state index in [0.29, 0.717) is 17.9 Å². The zero-order valence-electron chi connectivity index (χ0n) is 12.9. The van der Waals surface area contributed by atoms with Crippen molar-refractivity contribution in [2.24, 2.45) is 0 Å². The number of hydrogen-bond acceptors (Lipinski definition) is 3. The third-order valence-electron chi connectivity index (χ3n) is 3.54. The molecule has 2 aromatic heterocycles. The number of esters is 1. The Labute approximate surface area is 132 Å². The second-order valence-corrected chi connectivity index (χ2v) is 5.12. The number of pyridine rings is 1. The molecule has 0 fully saturated rings. The van der Waals surface area contributed by atoms with E-state index in [4.69, 9.17) is 4.74 Å². The molecule has 6 nitrogen and oxygen atoms in total. The maximum Gasteiger partial charge on any atom is 0.339 e. The van der Waals surface area contributed by atoms with Crippen LogP contribution in [0.2, 0.25) is 0 Å². The Morgan fingerprint density at radius 3 is 2.65 bits per heavy atom. The number of H-pyrrole nitrogens is 1. The van der Waals surface area contributed by atoms with E-state index in [1.54, 1.807) is 6.92 Å². The minimum absolute atomic E-state index is 0.209. The van der Waals surface area contributed by atoms with Crippen molar-refractivity contribution < 1.29 is 9.53 Å². The van der Waals surface area contributed by atoms with Crippen molar-refractivity contribution in [2.45, 2.75) is 13.8 Å². The molecule has 0 bridgehead atoms. The second-order valence-electron chi connectivity index (χ2n) is 5.12. The first kappa shape index (κ1) is 14.9. The van der Waals surface area contributed by atoms with Gasteiger partial charge < -0.3 is 4.74 Å². The van der Waals surface area contributed by atoms with Crippen molar-refractivity contribution in [3.8, 4) is 11.4 Å². The standard InChI is InChI=1S/C17H17N3O3/c1-3-23-17(22)13-7-8-16(21)19(11-13)14-5-4-6-15(9-14)20-12(2)10-18-20/h4-11,18H,3H2,1-2H3. The summed E-state index contributed by atoms with van der Waals surface area (Å²) in [5.74, 6) is -0.444. The van der Waals surface area contributed by atoms with E-state index in [0.717, 1.165) is 11.4 Å². The Morgan fingerprint density at radius 2 is 2.00 bits per heavy atom. The van der Waals surface area contributed by atoms with E-state index in [1.165, 1.54) is 22.9 Å². The van der Waals surface area contributed by atoms with Crippen molar-refractivity contribution in [2.75, 3.05) is 6.61 Å². The minimum Gasteiger partial charge on any atom is -0.462 e. The monoisotopic (exact) mass is 311 g/mol. The molecule has 0 aliphatic rings. The Kier molecular flexibility index (Phi) is 3.89. The SMILES string of the molecule is CCOC(=O)c1ccc(=O)n(-c2cccc(-n3[nH]cc3C)c2)c1. The number of aryl methyl sites for hydroxylation is 1. The lowest BCUT2D eigenvalue weighted by molar-refractivity contribution is 0.0525. The molecule has 1 N–H and O–H groups in total. The van der Waals surface area contributed by atoms with Crippen LogP contribution in [0.5, 0.6) is 0 Å². The highest BCUT2D eigenvalue weighted by atomic mass is 16.5. The number of aromatic nitrogens is 3. The minimum atomic E-state index is -0.444. The molecule has 3 rings (SSSR count). The summed E-state index contributed by atoms with van der Waals surface area (Å²) in [6.45, 7) is 4.02. The molecule has 6 heteroatoms. The smallest absolute Gasteiger partial charge is 0.339 e. The molecule has 0 spiro atoms. The number of carbonyl (C=O) groups is 1. The predicted octanol–water partition coefficient (Wildman–Crippen LogP) is 2.44. The van der Waals surface area contributed by atoms with Gasteiger partial charge in [0.15, 0.2) is 0 Å². The van der Waals surface area contributed by atoms with Gasteiger partial charge in [-0.25, -0.2) is 4.79 Å². The number of ether oxygens (including phenoxy) is 1. The fourth-order valence-electron chi connectivity index (χ4n) is 2.34. The van der Waals surface area contributed by atoms with Crippen LogP contribution in [-0.2, 0) is 4.74 Å². The van der Waals surface area contributed by atoms with Crippen LogP contribution in [0.4, 0.5) is 0 Å². The largest absolute Gasteiger partial charge is 0.462 e. The molecule has 0 unspecified atom stereocenters. The maximum absolute atomic E-state index is 12.2. The highest BCUT2D eigenvalue weighted by molar-refractivity contribution is 5.89. The summed E-state index contributed by atoms with van der Waals surface area (Å²) in [6, 6.07) is 10.3. The fraction of sp³-hybridized carbons (Fsp3) is 0.176. The van der Waals surface area contributed by atoms with E-state index < -0.39 is 5.97 Å². The molecule has 1 aromatic carbocycles. The van der Waals surface area contributed by atoms with E-state index in [2.05, 4.69) is 5.10 Å². The molecule has 0 aliphatic heterocycles. The van der Waals surface area contributed by atoms with Crippen LogP contribution in [0, 0.1) is 6.92 Å². The summed E-state index contributed by atoms with van der Waals surface area (Å²) in [7, 11) is 0. The van der Waals surface area contributed by atoms with Gasteiger partial charge in [-0.2, -0.15) is 0 Å². The maximum atomic E-state index is 12.2. The highest BCUT2D eigenvalue weighted by Gasteiger charge is 2.10. The van der Waals surface area contributed by atoms with Gasteiger partial charge in [0.1, 0.15) is 0 Å². The van der Waals surface area contributed by atoms with Gasteiger partial charge in [0, 0.05) is 18.5 Å². The van der Waals surface area contributed by atoms with E-state index >= 15 is 0 Å².